The summed E-state index contributed by atoms with van der Waals surface area (Å²) < 4.78 is 31.0. The van der Waals surface area contributed by atoms with E-state index in [0.29, 0.717) is 11.3 Å². The maximum absolute atomic E-state index is 13.2. The average Bonchev–Trinajstić information content (AvgIpc) is 2.48. The van der Waals surface area contributed by atoms with Crippen molar-refractivity contribution in [2.24, 2.45) is 0 Å². The van der Waals surface area contributed by atoms with Crippen molar-refractivity contribution in [3.05, 3.63) is 58.1 Å². The van der Waals surface area contributed by atoms with Crippen LogP contribution in [-0.2, 0) is 6.54 Å². The molecule has 2 N–H and O–H groups in total. The number of carbonyl (C=O) groups is 1. The molecule has 0 heterocycles. The van der Waals surface area contributed by atoms with Crippen LogP contribution in [0.2, 0.25) is 5.02 Å². The Balaban J connectivity index is 2.10. The lowest BCUT2D eigenvalue weighted by Gasteiger charge is -2.09. The number of phenolic OH excluding ortho intramolecular Hbond substituents is 1. The molecule has 116 valence electrons. The van der Waals surface area contributed by atoms with E-state index in [0.717, 1.165) is 12.1 Å². The van der Waals surface area contributed by atoms with Crippen LogP contribution in [0.15, 0.2) is 30.3 Å². The third kappa shape index (κ3) is 3.46. The lowest BCUT2D eigenvalue weighted by Crippen LogP contribution is -2.23. The monoisotopic (exact) mass is 327 g/mol. The van der Waals surface area contributed by atoms with Crippen LogP contribution in [0.5, 0.6) is 11.5 Å². The quantitative estimate of drug-likeness (QED) is 0.847. The number of hydrogen-bond donors (Lipinski definition) is 2. The highest BCUT2D eigenvalue weighted by atomic mass is 35.5. The van der Waals surface area contributed by atoms with Crippen LogP contribution in [0.25, 0.3) is 0 Å². The third-order valence-corrected chi connectivity index (χ3v) is 3.26. The minimum Gasteiger partial charge on any atom is -0.504 e. The van der Waals surface area contributed by atoms with Gasteiger partial charge < -0.3 is 15.2 Å². The molecule has 0 unspecified atom stereocenters. The van der Waals surface area contributed by atoms with E-state index in [4.69, 9.17) is 16.3 Å². The Kier molecular flexibility index (Phi) is 4.82. The van der Waals surface area contributed by atoms with Crippen LogP contribution in [0.4, 0.5) is 8.78 Å². The van der Waals surface area contributed by atoms with Crippen LogP contribution in [0.3, 0.4) is 0 Å². The third-order valence-electron chi connectivity index (χ3n) is 2.95. The summed E-state index contributed by atoms with van der Waals surface area (Å²) >= 11 is 5.72. The Morgan fingerprint density at radius 2 is 1.95 bits per heavy atom. The Morgan fingerprint density at radius 1 is 1.27 bits per heavy atom. The van der Waals surface area contributed by atoms with E-state index in [1.165, 1.54) is 13.2 Å². The highest BCUT2D eigenvalue weighted by Gasteiger charge is 2.15. The number of nitrogens with one attached hydrogen (secondary N) is 1. The number of aromatic hydroxyl groups is 1. The zero-order valence-electron chi connectivity index (χ0n) is 11.5. The van der Waals surface area contributed by atoms with Crippen LogP contribution < -0.4 is 10.1 Å². The highest BCUT2D eigenvalue weighted by Crippen LogP contribution is 2.26. The smallest absolute Gasteiger partial charge is 0.253 e. The van der Waals surface area contributed by atoms with Gasteiger partial charge in [-0.25, -0.2) is 8.78 Å². The van der Waals surface area contributed by atoms with E-state index in [-0.39, 0.29) is 22.9 Å². The number of halogens is 3. The van der Waals surface area contributed by atoms with Crippen LogP contribution in [0, 0.1) is 11.6 Å². The molecule has 0 bridgehead atoms. The summed E-state index contributed by atoms with van der Waals surface area (Å²) in [5.74, 6) is -2.70. The number of ether oxygens (including phenoxy) is 1. The van der Waals surface area contributed by atoms with E-state index in [1.54, 1.807) is 12.1 Å². The van der Waals surface area contributed by atoms with Crippen molar-refractivity contribution in [2.45, 2.75) is 6.54 Å². The first kappa shape index (κ1) is 16.0. The number of phenols is 1. The van der Waals surface area contributed by atoms with Gasteiger partial charge in [-0.1, -0.05) is 17.7 Å². The first-order valence-corrected chi connectivity index (χ1v) is 6.58. The van der Waals surface area contributed by atoms with Crippen molar-refractivity contribution in [1.29, 1.82) is 0 Å². The molecule has 0 aromatic heterocycles. The summed E-state index contributed by atoms with van der Waals surface area (Å²) in [5, 5.41) is 12.0. The molecule has 0 saturated carbocycles. The minimum atomic E-state index is -1.16. The predicted molar refractivity (Wildman–Crippen MR) is 77.2 cm³/mol. The van der Waals surface area contributed by atoms with Gasteiger partial charge in [-0.05, 0) is 29.8 Å². The van der Waals surface area contributed by atoms with Gasteiger partial charge in [0, 0.05) is 6.54 Å². The molecule has 0 aliphatic heterocycles. The van der Waals surface area contributed by atoms with Crippen molar-refractivity contribution < 1.29 is 23.4 Å². The van der Waals surface area contributed by atoms with E-state index in [1.807, 2.05) is 0 Å². The van der Waals surface area contributed by atoms with E-state index in [9.17, 15) is 18.7 Å². The number of amides is 1. The van der Waals surface area contributed by atoms with Gasteiger partial charge >= 0.3 is 0 Å². The van der Waals surface area contributed by atoms with E-state index in [2.05, 4.69) is 5.32 Å². The van der Waals surface area contributed by atoms with Crippen molar-refractivity contribution in [3.63, 3.8) is 0 Å². The molecular formula is C15H12ClF2NO3. The first-order chi connectivity index (χ1) is 10.4. The van der Waals surface area contributed by atoms with Crippen LogP contribution >= 0.6 is 11.6 Å². The van der Waals surface area contributed by atoms with Crippen LogP contribution in [0.1, 0.15) is 15.9 Å². The fourth-order valence-corrected chi connectivity index (χ4v) is 2.06. The summed E-state index contributed by atoms with van der Waals surface area (Å²) in [4.78, 5) is 11.9. The molecule has 0 aliphatic carbocycles. The standard InChI is InChI=1S/C15H12ClF2NO3/c1-22-14-3-2-8(4-13(14)20)7-19-15(21)9-5-11(17)12(18)6-10(9)16/h2-6,20H,7H2,1H3,(H,19,21). The molecule has 2 aromatic rings. The normalized spacial score (nSPS) is 10.4. The lowest BCUT2D eigenvalue weighted by atomic mass is 10.1. The maximum atomic E-state index is 13.2. The molecule has 0 radical (unpaired) electrons. The molecule has 7 heteroatoms. The van der Waals surface area contributed by atoms with Crippen molar-refractivity contribution in [1.82, 2.24) is 5.32 Å². The average molecular weight is 328 g/mol. The summed E-state index contributed by atoms with van der Waals surface area (Å²) in [6.45, 7) is 0.0751. The first-order valence-electron chi connectivity index (χ1n) is 6.21. The van der Waals surface area contributed by atoms with Crippen LogP contribution in [-0.4, -0.2) is 18.1 Å². The molecule has 0 saturated heterocycles. The molecule has 0 spiro atoms. The molecule has 0 fully saturated rings. The van der Waals surface area contributed by atoms with Gasteiger partial charge in [0.1, 0.15) is 0 Å². The fraction of sp³-hybridized carbons (Fsp3) is 0.133. The Morgan fingerprint density at radius 3 is 2.59 bits per heavy atom. The van der Waals surface area contributed by atoms with Gasteiger partial charge in [-0.2, -0.15) is 0 Å². The Bertz CT molecular complexity index is 722. The minimum absolute atomic E-state index is 0.0693. The summed E-state index contributed by atoms with van der Waals surface area (Å²) in [5.41, 5.74) is 0.434. The zero-order valence-corrected chi connectivity index (χ0v) is 12.2. The molecule has 2 rings (SSSR count). The second-order valence-electron chi connectivity index (χ2n) is 4.44. The topological polar surface area (TPSA) is 58.6 Å². The maximum Gasteiger partial charge on any atom is 0.253 e. The van der Waals surface area contributed by atoms with Crippen molar-refractivity contribution in [2.75, 3.05) is 7.11 Å². The number of benzene rings is 2. The summed E-state index contributed by atoms with van der Waals surface area (Å²) in [6, 6.07) is 6.09. The van der Waals surface area contributed by atoms with Gasteiger partial charge in [-0.3, -0.25) is 4.79 Å². The Hall–Kier alpha value is -2.34. The van der Waals surface area contributed by atoms with Gasteiger partial charge in [0.05, 0.1) is 17.7 Å². The van der Waals surface area contributed by atoms with Gasteiger partial charge in [0.25, 0.3) is 5.91 Å². The van der Waals surface area contributed by atoms with Gasteiger partial charge in [0.2, 0.25) is 0 Å². The Labute approximate surface area is 130 Å². The molecule has 1 amide bonds. The zero-order chi connectivity index (χ0) is 16.3. The summed E-state index contributed by atoms with van der Waals surface area (Å²) in [6.07, 6.45) is 0. The molecular weight excluding hydrogens is 316 g/mol. The molecule has 0 atom stereocenters. The molecule has 22 heavy (non-hydrogen) atoms. The molecule has 4 nitrogen and oxygen atoms in total. The SMILES string of the molecule is COc1ccc(CNC(=O)c2cc(F)c(F)cc2Cl)cc1O. The molecule has 0 aliphatic rings. The van der Waals surface area contributed by atoms with E-state index >= 15 is 0 Å². The van der Waals surface area contributed by atoms with Crippen molar-refractivity contribution in [3.8, 4) is 11.5 Å². The van der Waals surface area contributed by atoms with Crippen molar-refractivity contribution >= 4 is 17.5 Å². The highest BCUT2D eigenvalue weighted by molar-refractivity contribution is 6.33. The molecule has 2 aromatic carbocycles. The largest absolute Gasteiger partial charge is 0.504 e. The number of hydrogen-bond acceptors (Lipinski definition) is 3. The lowest BCUT2D eigenvalue weighted by molar-refractivity contribution is 0.0950. The van der Waals surface area contributed by atoms with Gasteiger partial charge in [0.15, 0.2) is 23.1 Å². The second kappa shape index (κ2) is 6.62. The number of rotatable bonds is 4. The van der Waals surface area contributed by atoms with E-state index < -0.39 is 17.5 Å². The summed E-state index contributed by atoms with van der Waals surface area (Å²) in [7, 11) is 1.42. The fourth-order valence-electron chi connectivity index (χ4n) is 1.82. The second-order valence-corrected chi connectivity index (χ2v) is 4.84. The van der Waals surface area contributed by atoms with Gasteiger partial charge in [-0.15, -0.1) is 0 Å². The number of carbonyl (C=O) groups excluding carboxylic acids is 1. The predicted octanol–water partition coefficient (Wildman–Crippen LogP) is 3.26. The number of methoxy groups -OCH3 is 1.